The Kier molecular flexibility index (Phi) is 6.21. The Labute approximate surface area is 179 Å². The molecular weight excluding hydrogens is 426 g/mol. The van der Waals surface area contributed by atoms with Crippen LogP contribution < -0.4 is 5.48 Å². The van der Waals surface area contributed by atoms with Crippen LogP contribution in [0.3, 0.4) is 0 Å². The zero-order valence-electron chi connectivity index (χ0n) is 16.5. The summed E-state index contributed by atoms with van der Waals surface area (Å²) in [6, 6.07) is 8.13. The van der Waals surface area contributed by atoms with Crippen molar-refractivity contribution >= 4 is 27.3 Å². The van der Waals surface area contributed by atoms with Gasteiger partial charge < -0.3 is 4.74 Å². The number of aromatic nitrogens is 1. The number of nitrogens with zero attached hydrogens (tertiary/aromatic N) is 2. The summed E-state index contributed by atoms with van der Waals surface area (Å²) in [6.07, 6.45) is 3.21. The molecule has 4 rings (SSSR count). The van der Waals surface area contributed by atoms with Gasteiger partial charge >= 0.3 is 0 Å². The Balaban J connectivity index is 1.46. The lowest BCUT2D eigenvalue weighted by atomic mass is 9.94. The topological polar surface area (TPSA) is 109 Å². The second-order valence-electron chi connectivity index (χ2n) is 7.67. The van der Waals surface area contributed by atoms with Crippen LogP contribution >= 0.6 is 11.3 Å². The highest BCUT2D eigenvalue weighted by Crippen LogP contribution is 2.36. The van der Waals surface area contributed by atoms with E-state index >= 15 is 0 Å². The fourth-order valence-corrected chi connectivity index (χ4v) is 7.15. The van der Waals surface area contributed by atoms with Crippen molar-refractivity contribution in [3.63, 3.8) is 0 Å². The summed E-state index contributed by atoms with van der Waals surface area (Å²) in [5.74, 6) is -0.704. The molecule has 0 aliphatic carbocycles. The highest BCUT2D eigenvalue weighted by Gasteiger charge is 2.54. The summed E-state index contributed by atoms with van der Waals surface area (Å²) in [6.45, 7) is 0.985. The minimum Gasteiger partial charge on any atom is -0.381 e. The summed E-state index contributed by atoms with van der Waals surface area (Å²) < 4.78 is 31.7. The molecule has 10 heteroatoms. The highest BCUT2D eigenvalue weighted by atomic mass is 32.2. The molecule has 1 amide bonds. The maximum absolute atomic E-state index is 13.4. The minimum atomic E-state index is -3.94. The maximum Gasteiger partial charge on any atom is 0.266 e. The lowest BCUT2D eigenvalue weighted by molar-refractivity contribution is -0.134. The van der Waals surface area contributed by atoms with Crippen molar-refractivity contribution in [2.24, 2.45) is 0 Å². The third-order valence-corrected chi connectivity index (χ3v) is 9.66. The van der Waals surface area contributed by atoms with Crippen LogP contribution in [0.2, 0.25) is 0 Å². The quantitative estimate of drug-likeness (QED) is 0.534. The second kappa shape index (κ2) is 8.72. The number of pyridine rings is 1. The third kappa shape index (κ3) is 3.78. The summed E-state index contributed by atoms with van der Waals surface area (Å²) in [5, 5.41) is 11.2. The van der Waals surface area contributed by atoms with Gasteiger partial charge in [-0.3, -0.25) is 15.0 Å². The molecule has 162 valence electrons. The van der Waals surface area contributed by atoms with Gasteiger partial charge in [0.25, 0.3) is 5.91 Å². The summed E-state index contributed by atoms with van der Waals surface area (Å²) in [4.78, 5) is 18.1. The number of piperidine rings is 1. The molecule has 0 radical (unpaired) electrons. The van der Waals surface area contributed by atoms with Crippen LogP contribution in [0.15, 0.2) is 35.8 Å². The summed E-state index contributed by atoms with van der Waals surface area (Å²) in [5.41, 5.74) is 3.60. The molecule has 2 aromatic rings. The fourth-order valence-electron chi connectivity index (χ4n) is 4.28. The van der Waals surface area contributed by atoms with Crippen molar-refractivity contribution in [2.45, 2.75) is 36.3 Å². The number of amides is 1. The van der Waals surface area contributed by atoms with Gasteiger partial charge in [-0.1, -0.05) is 12.1 Å². The Morgan fingerprint density at radius 1 is 1.23 bits per heavy atom. The average molecular weight is 452 g/mol. The Morgan fingerprint density at radius 3 is 2.53 bits per heavy atom. The van der Waals surface area contributed by atoms with Crippen LogP contribution in [0, 0.1) is 0 Å². The third-order valence-electron chi connectivity index (χ3n) is 6.11. The summed E-state index contributed by atoms with van der Waals surface area (Å²) in [7, 11) is -3.94. The fraction of sp³-hybridized carbons (Fsp3) is 0.500. The Bertz CT molecular complexity index is 962. The maximum atomic E-state index is 13.4. The zero-order valence-corrected chi connectivity index (χ0v) is 18.1. The minimum absolute atomic E-state index is 0.0351. The van der Waals surface area contributed by atoms with Gasteiger partial charge in [-0.25, -0.2) is 18.2 Å². The van der Waals surface area contributed by atoms with Gasteiger partial charge in [0.2, 0.25) is 10.0 Å². The van der Waals surface area contributed by atoms with Gasteiger partial charge in [-0.2, -0.15) is 0 Å². The Hall–Kier alpha value is -1.85. The second-order valence-corrected chi connectivity index (χ2v) is 10.9. The first-order chi connectivity index (χ1) is 14.5. The van der Waals surface area contributed by atoms with E-state index in [0.29, 0.717) is 25.9 Å². The van der Waals surface area contributed by atoms with E-state index in [0.717, 1.165) is 11.3 Å². The van der Waals surface area contributed by atoms with Crippen molar-refractivity contribution in [1.29, 1.82) is 0 Å². The number of nitrogens with one attached hydrogen (secondary N) is 1. The molecule has 2 aliphatic rings. The average Bonchev–Trinajstić information content (AvgIpc) is 3.34. The molecular formula is C20H25N3O5S2. The van der Waals surface area contributed by atoms with Crippen molar-refractivity contribution in [2.75, 3.05) is 26.3 Å². The molecule has 0 bridgehead atoms. The standard InChI is InChI=1S/C20H25N3O5S2/c24-19(22-25)20(7-11-28-12-8-20)30(26,27)23-9-5-15(6-10-23)17-4-3-16(14-21-17)18-2-1-13-29-18/h1-4,13-15,25H,5-12H2,(H,22,24). The number of carbonyl (C=O) groups excluding carboxylic acids is 1. The number of carbonyl (C=O) groups is 1. The van der Waals surface area contributed by atoms with E-state index in [2.05, 4.69) is 17.1 Å². The summed E-state index contributed by atoms with van der Waals surface area (Å²) >= 11 is 1.66. The molecule has 2 aliphatic heterocycles. The molecule has 0 unspecified atom stereocenters. The van der Waals surface area contributed by atoms with E-state index in [1.807, 2.05) is 23.7 Å². The van der Waals surface area contributed by atoms with Crippen LogP contribution in [0.25, 0.3) is 10.4 Å². The number of sulfonamides is 1. The van der Waals surface area contributed by atoms with Crippen LogP contribution in [-0.2, 0) is 19.6 Å². The van der Waals surface area contributed by atoms with Crippen LogP contribution in [0.1, 0.15) is 37.3 Å². The first kappa shape index (κ1) is 21.4. The van der Waals surface area contributed by atoms with Gasteiger partial charge in [0.15, 0.2) is 4.75 Å². The molecule has 2 fully saturated rings. The normalized spacial score (nSPS) is 20.7. The van der Waals surface area contributed by atoms with Crippen LogP contribution in [0.5, 0.6) is 0 Å². The Morgan fingerprint density at radius 2 is 1.97 bits per heavy atom. The lowest BCUT2D eigenvalue weighted by Crippen LogP contribution is -2.60. The van der Waals surface area contributed by atoms with Gasteiger partial charge in [0, 0.05) is 67.4 Å². The number of rotatable bonds is 5. The monoisotopic (exact) mass is 451 g/mol. The molecule has 0 saturated carbocycles. The molecule has 2 aromatic heterocycles. The number of ether oxygens (including phenoxy) is 1. The molecule has 30 heavy (non-hydrogen) atoms. The van der Waals surface area contributed by atoms with Crippen molar-refractivity contribution < 1.29 is 23.2 Å². The van der Waals surface area contributed by atoms with Gasteiger partial charge in [0.1, 0.15) is 0 Å². The van der Waals surface area contributed by atoms with Crippen LogP contribution in [-0.4, -0.2) is 59.9 Å². The van der Waals surface area contributed by atoms with Crippen LogP contribution in [0.4, 0.5) is 0 Å². The SMILES string of the molecule is O=C(NO)C1(S(=O)(=O)N2CCC(c3ccc(-c4cccs4)cn3)CC2)CCOCC1. The smallest absolute Gasteiger partial charge is 0.266 e. The van der Waals surface area contributed by atoms with E-state index in [-0.39, 0.29) is 32.0 Å². The van der Waals surface area contributed by atoms with E-state index in [1.54, 1.807) is 16.8 Å². The van der Waals surface area contributed by atoms with E-state index < -0.39 is 20.7 Å². The number of hydrogen-bond acceptors (Lipinski definition) is 7. The number of thiophene rings is 1. The highest BCUT2D eigenvalue weighted by molar-refractivity contribution is 7.91. The predicted octanol–water partition coefficient (Wildman–Crippen LogP) is 2.37. The zero-order chi connectivity index (χ0) is 21.2. The molecule has 2 N–H and O–H groups in total. The lowest BCUT2D eigenvalue weighted by Gasteiger charge is -2.40. The molecule has 0 spiro atoms. The van der Waals surface area contributed by atoms with Gasteiger partial charge in [0.05, 0.1) is 0 Å². The first-order valence-corrected chi connectivity index (χ1v) is 12.3. The molecule has 0 aromatic carbocycles. The molecule has 8 nitrogen and oxygen atoms in total. The van der Waals surface area contributed by atoms with Gasteiger partial charge in [-0.05, 0) is 30.4 Å². The van der Waals surface area contributed by atoms with E-state index in [4.69, 9.17) is 9.94 Å². The molecule has 2 saturated heterocycles. The number of hydrogen-bond donors (Lipinski definition) is 2. The molecule has 4 heterocycles. The van der Waals surface area contributed by atoms with Crippen molar-refractivity contribution in [1.82, 2.24) is 14.8 Å². The first-order valence-electron chi connectivity index (χ1n) is 10.00. The van der Waals surface area contributed by atoms with E-state index in [9.17, 15) is 13.2 Å². The largest absolute Gasteiger partial charge is 0.381 e. The molecule has 0 atom stereocenters. The van der Waals surface area contributed by atoms with Crippen molar-refractivity contribution in [3.8, 4) is 10.4 Å². The predicted molar refractivity (Wildman–Crippen MR) is 113 cm³/mol. The number of hydroxylamine groups is 1. The van der Waals surface area contributed by atoms with E-state index in [1.165, 1.54) is 9.18 Å². The van der Waals surface area contributed by atoms with Gasteiger partial charge in [-0.15, -0.1) is 11.3 Å². The van der Waals surface area contributed by atoms with Crippen molar-refractivity contribution in [3.05, 3.63) is 41.5 Å².